The topological polar surface area (TPSA) is 107 Å². The van der Waals surface area contributed by atoms with E-state index in [2.05, 4.69) is 5.32 Å². The van der Waals surface area contributed by atoms with E-state index >= 15 is 0 Å². The molecule has 0 saturated carbocycles. The first kappa shape index (κ1) is 17.3. The zero-order valence-electron chi connectivity index (χ0n) is 12.0. The van der Waals surface area contributed by atoms with E-state index in [0.717, 1.165) is 5.56 Å². The van der Waals surface area contributed by atoms with Crippen molar-refractivity contribution in [3.8, 4) is 5.75 Å². The van der Waals surface area contributed by atoms with Crippen molar-refractivity contribution in [2.45, 2.75) is 18.7 Å². The van der Waals surface area contributed by atoms with E-state index in [1.165, 1.54) is 24.9 Å². The number of nitro groups is 1. The number of carbonyl (C=O) groups excluding carboxylic acids is 1. The molecule has 1 rings (SSSR count). The standard InChI is InChI=1S/C13H19N3O4S/c1-9(6-14)15-13(17)8-21-7-10-3-4-12(20-2)11(5-10)16(18)19/h3-5,9H,6-8,14H2,1-2H3,(H,15,17)/t9-/m0/s1. The molecule has 0 saturated heterocycles. The lowest BCUT2D eigenvalue weighted by Crippen LogP contribution is -2.38. The number of carbonyl (C=O) groups is 1. The van der Waals surface area contributed by atoms with E-state index in [9.17, 15) is 14.9 Å². The number of amides is 1. The van der Waals surface area contributed by atoms with Gasteiger partial charge in [-0.3, -0.25) is 14.9 Å². The summed E-state index contributed by atoms with van der Waals surface area (Å²) in [5, 5.41) is 13.7. The summed E-state index contributed by atoms with van der Waals surface area (Å²) in [6.07, 6.45) is 0. The van der Waals surface area contributed by atoms with Gasteiger partial charge < -0.3 is 15.8 Å². The van der Waals surface area contributed by atoms with Gasteiger partial charge in [-0.2, -0.15) is 0 Å². The van der Waals surface area contributed by atoms with Crippen molar-refractivity contribution in [3.63, 3.8) is 0 Å². The van der Waals surface area contributed by atoms with Crippen LogP contribution in [0.25, 0.3) is 0 Å². The van der Waals surface area contributed by atoms with Crippen molar-refractivity contribution in [2.75, 3.05) is 19.4 Å². The Morgan fingerprint density at radius 1 is 1.57 bits per heavy atom. The molecule has 0 aliphatic carbocycles. The number of nitro benzene ring substituents is 1. The fourth-order valence-electron chi connectivity index (χ4n) is 1.61. The Morgan fingerprint density at radius 2 is 2.29 bits per heavy atom. The third-order valence-electron chi connectivity index (χ3n) is 2.70. The number of benzene rings is 1. The Morgan fingerprint density at radius 3 is 2.86 bits per heavy atom. The maximum atomic E-state index is 11.6. The van der Waals surface area contributed by atoms with E-state index in [4.69, 9.17) is 10.5 Å². The van der Waals surface area contributed by atoms with Gasteiger partial charge in [0.2, 0.25) is 5.91 Å². The number of methoxy groups -OCH3 is 1. The third kappa shape index (κ3) is 5.60. The van der Waals surface area contributed by atoms with Gasteiger partial charge in [0.05, 0.1) is 17.8 Å². The number of thioether (sulfide) groups is 1. The maximum Gasteiger partial charge on any atom is 0.311 e. The van der Waals surface area contributed by atoms with Gasteiger partial charge >= 0.3 is 5.69 Å². The molecule has 0 aromatic heterocycles. The van der Waals surface area contributed by atoms with Crippen LogP contribution in [0.5, 0.6) is 5.75 Å². The molecule has 3 N–H and O–H groups in total. The van der Waals surface area contributed by atoms with Crippen LogP contribution in [0, 0.1) is 10.1 Å². The minimum absolute atomic E-state index is 0.0554. The molecule has 0 heterocycles. The number of nitrogens with two attached hydrogens (primary N) is 1. The molecule has 1 aromatic carbocycles. The summed E-state index contributed by atoms with van der Waals surface area (Å²) in [7, 11) is 1.39. The summed E-state index contributed by atoms with van der Waals surface area (Å²) >= 11 is 1.38. The molecular weight excluding hydrogens is 294 g/mol. The second-order valence-electron chi connectivity index (χ2n) is 4.46. The number of ether oxygens (including phenoxy) is 1. The van der Waals surface area contributed by atoms with Crippen LogP contribution in [0.4, 0.5) is 5.69 Å². The van der Waals surface area contributed by atoms with Crippen molar-refractivity contribution < 1.29 is 14.5 Å². The molecule has 8 heteroatoms. The lowest BCUT2D eigenvalue weighted by molar-refractivity contribution is -0.385. The summed E-state index contributed by atoms with van der Waals surface area (Å²) in [4.78, 5) is 22.0. The van der Waals surface area contributed by atoms with Gasteiger partial charge in [-0.1, -0.05) is 6.07 Å². The summed E-state index contributed by atoms with van der Waals surface area (Å²) in [5.74, 6) is 0.920. The Hall–Kier alpha value is -1.80. The molecule has 0 bridgehead atoms. The SMILES string of the molecule is COc1ccc(CSCC(=O)N[C@@H](C)CN)cc1[N+](=O)[O-]. The molecule has 116 valence electrons. The lowest BCUT2D eigenvalue weighted by Gasteiger charge is -2.11. The van der Waals surface area contributed by atoms with Gasteiger partial charge in [0.1, 0.15) is 0 Å². The Balaban J connectivity index is 2.54. The molecule has 1 amide bonds. The highest BCUT2D eigenvalue weighted by atomic mass is 32.2. The molecule has 0 aliphatic heterocycles. The molecule has 0 radical (unpaired) electrons. The van der Waals surface area contributed by atoms with Gasteiger partial charge in [-0.15, -0.1) is 11.8 Å². The number of hydrogen-bond acceptors (Lipinski definition) is 6. The highest BCUT2D eigenvalue weighted by molar-refractivity contribution is 7.99. The fraction of sp³-hybridized carbons (Fsp3) is 0.462. The van der Waals surface area contributed by atoms with Crippen LogP contribution in [-0.2, 0) is 10.5 Å². The zero-order chi connectivity index (χ0) is 15.8. The average Bonchev–Trinajstić information content (AvgIpc) is 2.46. The highest BCUT2D eigenvalue weighted by Gasteiger charge is 2.15. The number of hydrogen-bond donors (Lipinski definition) is 2. The molecule has 21 heavy (non-hydrogen) atoms. The number of rotatable bonds is 8. The summed E-state index contributed by atoms with van der Waals surface area (Å²) in [6, 6.07) is 4.72. The second-order valence-corrected chi connectivity index (χ2v) is 5.45. The van der Waals surface area contributed by atoms with E-state index in [1.807, 2.05) is 6.92 Å². The van der Waals surface area contributed by atoms with Crippen LogP contribution < -0.4 is 15.8 Å². The van der Waals surface area contributed by atoms with E-state index in [1.54, 1.807) is 12.1 Å². The number of nitrogens with one attached hydrogen (secondary N) is 1. The highest BCUT2D eigenvalue weighted by Crippen LogP contribution is 2.28. The Kier molecular flexibility index (Phi) is 6.97. The zero-order valence-corrected chi connectivity index (χ0v) is 12.8. The van der Waals surface area contributed by atoms with Crippen molar-refractivity contribution >= 4 is 23.4 Å². The maximum absolute atomic E-state index is 11.6. The molecule has 7 nitrogen and oxygen atoms in total. The predicted molar refractivity (Wildman–Crippen MR) is 82.5 cm³/mol. The van der Waals surface area contributed by atoms with Crippen molar-refractivity contribution in [3.05, 3.63) is 33.9 Å². The monoisotopic (exact) mass is 313 g/mol. The first-order valence-electron chi connectivity index (χ1n) is 6.36. The van der Waals surface area contributed by atoms with Crippen LogP contribution in [0.3, 0.4) is 0 Å². The number of nitrogens with zero attached hydrogens (tertiary/aromatic N) is 1. The van der Waals surface area contributed by atoms with Crippen LogP contribution in [0.15, 0.2) is 18.2 Å². The van der Waals surface area contributed by atoms with Crippen LogP contribution in [-0.4, -0.2) is 36.3 Å². The molecule has 0 fully saturated rings. The van der Waals surface area contributed by atoms with Crippen LogP contribution >= 0.6 is 11.8 Å². The first-order valence-corrected chi connectivity index (χ1v) is 7.51. The van der Waals surface area contributed by atoms with E-state index < -0.39 is 4.92 Å². The van der Waals surface area contributed by atoms with Crippen LogP contribution in [0.1, 0.15) is 12.5 Å². The molecule has 0 spiro atoms. The first-order chi connectivity index (χ1) is 9.97. The summed E-state index contributed by atoms with van der Waals surface area (Å²) in [6.45, 7) is 2.22. The van der Waals surface area contributed by atoms with E-state index in [0.29, 0.717) is 12.3 Å². The van der Waals surface area contributed by atoms with Crippen molar-refractivity contribution in [2.24, 2.45) is 5.73 Å². The largest absolute Gasteiger partial charge is 0.490 e. The molecule has 0 unspecified atom stereocenters. The van der Waals surface area contributed by atoms with Crippen molar-refractivity contribution in [1.82, 2.24) is 5.32 Å². The molecule has 1 aromatic rings. The second kappa shape index (κ2) is 8.48. The van der Waals surface area contributed by atoms with Crippen LogP contribution in [0.2, 0.25) is 0 Å². The van der Waals surface area contributed by atoms with Gasteiger partial charge in [0.15, 0.2) is 5.75 Å². The van der Waals surface area contributed by atoms with Gasteiger partial charge in [0, 0.05) is 24.4 Å². The molecular formula is C13H19N3O4S. The molecule has 0 aliphatic rings. The fourth-order valence-corrected chi connectivity index (χ4v) is 2.39. The van der Waals surface area contributed by atoms with Crippen molar-refractivity contribution in [1.29, 1.82) is 0 Å². The van der Waals surface area contributed by atoms with Gasteiger partial charge in [0.25, 0.3) is 0 Å². The summed E-state index contributed by atoms with van der Waals surface area (Å²) < 4.78 is 4.94. The third-order valence-corrected chi connectivity index (χ3v) is 3.71. The van der Waals surface area contributed by atoms with Gasteiger partial charge in [-0.05, 0) is 18.6 Å². The predicted octanol–water partition coefficient (Wildman–Crippen LogP) is 1.30. The minimum Gasteiger partial charge on any atom is -0.490 e. The Labute approximate surface area is 127 Å². The Bertz CT molecular complexity index is 510. The summed E-state index contributed by atoms with van der Waals surface area (Å²) in [5.41, 5.74) is 6.11. The van der Waals surface area contributed by atoms with Gasteiger partial charge in [-0.25, -0.2) is 0 Å². The minimum atomic E-state index is -0.483. The van der Waals surface area contributed by atoms with E-state index in [-0.39, 0.29) is 29.1 Å². The smallest absolute Gasteiger partial charge is 0.311 e. The quantitative estimate of drug-likeness (QED) is 0.553. The average molecular weight is 313 g/mol. The molecule has 1 atom stereocenters. The lowest BCUT2D eigenvalue weighted by atomic mass is 10.2. The normalized spacial score (nSPS) is 11.8.